The van der Waals surface area contributed by atoms with Crippen LogP contribution in [0.25, 0.3) is 0 Å². The normalized spacial score (nSPS) is 11.4. The average Bonchev–Trinajstić information content (AvgIpc) is 2.48. The van der Waals surface area contributed by atoms with Gasteiger partial charge >= 0.3 is 0 Å². The molecular formula is C17H20O4. The molecule has 0 radical (unpaired) electrons. The predicted molar refractivity (Wildman–Crippen MR) is 80.3 cm³/mol. The van der Waals surface area contributed by atoms with Crippen molar-refractivity contribution in [2.24, 2.45) is 0 Å². The molecule has 0 saturated carbocycles. The molecule has 0 saturated heterocycles. The van der Waals surface area contributed by atoms with E-state index in [-0.39, 0.29) is 24.4 Å². The van der Waals surface area contributed by atoms with Crippen LogP contribution in [0.4, 0.5) is 0 Å². The lowest BCUT2D eigenvalue weighted by Crippen LogP contribution is -2.18. The van der Waals surface area contributed by atoms with Crippen molar-refractivity contribution in [1.82, 2.24) is 0 Å². The average molecular weight is 288 g/mol. The van der Waals surface area contributed by atoms with Gasteiger partial charge in [0.25, 0.3) is 0 Å². The van der Waals surface area contributed by atoms with Gasteiger partial charge in [-0.15, -0.1) is 0 Å². The molecule has 0 aliphatic heterocycles. The van der Waals surface area contributed by atoms with Gasteiger partial charge in [0.1, 0.15) is 12.4 Å². The number of phenolic OH excluding ortho intramolecular Hbond substituents is 1. The number of aliphatic hydroxyl groups excluding tert-OH is 1. The summed E-state index contributed by atoms with van der Waals surface area (Å²) in [5, 5.41) is 18.0. The summed E-state index contributed by atoms with van der Waals surface area (Å²) in [5.41, 5.74) is 2.06. The lowest BCUT2D eigenvalue weighted by Gasteiger charge is -2.26. The fourth-order valence-corrected chi connectivity index (χ4v) is 2.12. The molecular weight excluding hydrogens is 268 g/mol. The molecule has 0 aliphatic carbocycles. The third kappa shape index (κ3) is 3.74. The molecule has 2 N–H and O–H groups in total. The molecule has 0 atom stereocenters. The minimum Gasteiger partial charge on any atom is -0.508 e. The van der Waals surface area contributed by atoms with Crippen LogP contribution in [0.3, 0.4) is 0 Å². The number of phenols is 1. The summed E-state index contributed by atoms with van der Waals surface area (Å²) >= 11 is 0. The highest BCUT2D eigenvalue weighted by Crippen LogP contribution is 2.33. The second kappa shape index (κ2) is 6.61. The van der Waals surface area contributed by atoms with E-state index < -0.39 is 0 Å². The highest BCUT2D eigenvalue weighted by Gasteiger charge is 2.23. The second-order valence-electron chi connectivity index (χ2n) is 5.33. The fourth-order valence-electron chi connectivity index (χ4n) is 2.12. The zero-order valence-electron chi connectivity index (χ0n) is 12.2. The Balaban J connectivity index is 2.14. The van der Waals surface area contributed by atoms with Crippen LogP contribution in [-0.4, -0.2) is 23.4 Å². The lowest BCUT2D eigenvalue weighted by atomic mass is 9.78. The number of rotatable bonds is 6. The zero-order chi connectivity index (χ0) is 15.3. The predicted octanol–water partition coefficient (Wildman–Crippen LogP) is 3.02. The molecule has 0 aromatic heterocycles. The lowest BCUT2D eigenvalue weighted by molar-refractivity contribution is -0.212. The third-order valence-electron chi connectivity index (χ3n) is 3.49. The van der Waals surface area contributed by atoms with Crippen LogP contribution in [0.2, 0.25) is 0 Å². The van der Waals surface area contributed by atoms with E-state index in [9.17, 15) is 5.11 Å². The topological polar surface area (TPSA) is 58.9 Å². The van der Waals surface area contributed by atoms with E-state index in [0.29, 0.717) is 5.75 Å². The highest BCUT2D eigenvalue weighted by molar-refractivity contribution is 5.41. The quantitative estimate of drug-likeness (QED) is 0.487. The summed E-state index contributed by atoms with van der Waals surface area (Å²) in [7, 11) is 0. The summed E-state index contributed by atoms with van der Waals surface area (Å²) in [6.45, 7) is 4.31. The number of aromatic hydroxyl groups is 1. The minimum atomic E-state index is -0.182. The Kier molecular flexibility index (Phi) is 4.83. The molecule has 2 aromatic rings. The van der Waals surface area contributed by atoms with E-state index in [1.54, 1.807) is 12.1 Å². The van der Waals surface area contributed by atoms with Crippen LogP contribution in [-0.2, 0) is 10.3 Å². The van der Waals surface area contributed by atoms with Crippen molar-refractivity contribution < 1.29 is 20.0 Å². The van der Waals surface area contributed by atoms with Crippen molar-refractivity contribution in [3.63, 3.8) is 0 Å². The smallest absolute Gasteiger partial charge is 0.165 e. The van der Waals surface area contributed by atoms with Gasteiger partial charge in [-0.25, -0.2) is 0 Å². The van der Waals surface area contributed by atoms with E-state index in [1.807, 2.05) is 36.4 Å². The van der Waals surface area contributed by atoms with Crippen molar-refractivity contribution in [2.45, 2.75) is 19.3 Å². The van der Waals surface area contributed by atoms with Gasteiger partial charge in [0.2, 0.25) is 0 Å². The molecule has 0 heterocycles. The number of aliphatic hydroxyl groups is 1. The van der Waals surface area contributed by atoms with Crippen LogP contribution >= 0.6 is 0 Å². The Bertz CT molecular complexity index is 558. The molecule has 0 amide bonds. The maximum absolute atomic E-state index is 9.38. The van der Waals surface area contributed by atoms with Crippen molar-refractivity contribution in [3.8, 4) is 11.5 Å². The SMILES string of the molecule is CC(C)(c1ccc(O)cc1)c1ccc(OOCCO)cc1. The zero-order valence-corrected chi connectivity index (χ0v) is 12.2. The van der Waals surface area contributed by atoms with Crippen LogP contribution in [0.5, 0.6) is 11.5 Å². The van der Waals surface area contributed by atoms with E-state index in [1.165, 1.54) is 0 Å². The maximum Gasteiger partial charge on any atom is 0.165 e. The first-order chi connectivity index (χ1) is 10.0. The monoisotopic (exact) mass is 288 g/mol. The van der Waals surface area contributed by atoms with Crippen molar-refractivity contribution in [1.29, 1.82) is 0 Å². The first kappa shape index (κ1) is 15.4. The number of hydrogen-bond acceptors (Lipinski definition) is 4. The molecule has 0 spiro atoms. The standard InChI is InChI=1S/C17H20O4/c1-17(2,13-3-7-15(19)8-4-13)14-5-9-16(10-6-14)21-20-12-11-18/h3-10,18-19H,11-12H2,1-2H3. The molecule has 112 valence electrons. The minimum absolute atomic E-state index is 0.0774. The summed E-state index contributed by atoms with van der Waals surface area (Å²) in [6.07, 6.45) is 0. The van der Waals surface area contributed by atoms with Crippen LogP contribution in [0.1, 0.15) is 25.0 Å². The highest BCUT2D eigenvalue weighted by atomic mass is 17.2. The first-order valence-corrected chi connectivity index (χ1v) is 6.84. The van der Waals surface area contributed by atoms with Gasteiger partial charge in [-0.05, 0) is 35.4 Å². The Morgan fingerprint density at radius 1 is 0.905 bits per heavy atom. The van der Waals surface area contributed by atoms with Gasteiger partial charge < -0.3 is 15.1 Å². The Morgan fingerprint density at radius 3 is 1.95 bits per heavy atom. The van der Waals surface area contributed by atoms with Crippen molar-refractivity contribution >= 4 is 0 Å². The molecule has 2 rings (SSSR count). The molecule has 0 bridgehead atoms. The molecule has 0 aliphatic rings. The number of hydrogen-bond donors (Lipinski definition) is 2. The van der Waals surface area contributed by atoms with Gasteiger partial charge in [0.05, 0.1) is 6.61 Å². The van der Waals surface area contributed by atoms with Crippen LogP contribution < -0.4 is 4.89 Å². The maximum atomic E-state index is 9.38. The summed E-state index contributed by atoms with van der Waals surface area (Å²) < 4.78 is 0. The van der Waals surface area contributed by atoms with E-state index >= 15 is 0 Å². The summed E-state index contributed by atoms with van der Waals surface area (Å²) in [6, 6.07) is 14.8. The van der Waals surface area contributed by atoms with Crippen molar-refractivity contribution in [2.75, 3.05) is 13.2 Å². The summed E-state index contributed by atoms with van der Waals surface area (Å²) in [5.74, 6) is 0.855. The van der Waals surface area contributed by atoms with Gasteiger partial charge in [0, 0.05) is 5.41 Å². The molecule has 21 heavy (non-hydrogen) atoms. The van der Waals surface area contributed by atoms with Gasteiger partial charge in [-0.2, -0.15) is 4.89 Å². The first-order valence-electron chi connectivity index (χ1n) is 6.84. The molecule has 4 heteroatoms. The Labute approximate surface area is 124 Å². The van der Waals surface area contributed by atoms with Gasteiger partial charge in [-0.3, -0.25) is 0 Å². The fraction of sp³-hybridized carbons (Fsp3) is 0.294. The van der Waals surface area contributed by atoms with Crippen LogP contribution in [0, 0.1) is 0 Å². The largest absolute Gasteiger partial charge is 0.508 e. The Morgan fingerprint density at radius 2 is 1.43 bits per heavy atom. The molecule has 0 fully saturated rings. The van der Waals surface area contributed by atoms with E-state index in [0.717, 1.165) is 11.1 Å². The van der Waals surface area contributed by atoms with Gasteiger partial charge in [-0.1, -0.05) is 38.1 Å². The Hall–Kier alpha value is -2.04. The number of benzene rings is 2. The summed E-state index contributed by atoms with van der Waals surface area (Å²) in [4.78, 5) is 9.86. The third-order valence-corrected chi connectivity index (χ3v) is 3.49. The molecule has 4 nitrogen and oxygen atoms in total. The molecule has 2 aromatic carbocycles. The second-order valence-corrected chi connectivity index (χ2v) is 5.33. The van der Waals surface area contributed by atoms with Gasteiger partial charge in [0.15, 0.2) is 5.75 Å². The van der Waals surface area contributed by atoms with E-state index in [2.05, 4.69) is 13.8 Å². The van der Waals surface area contributed by atoms with Crippen LogP contribution in [0.15, 0.2) is 48.5 Å². The molecule has 0 unspecified atom stereocenters. The van der Waals surface area contributed by atoms with E-state index in [4.69, 9.17) is 14.9 Å². The van der Waals surface area contributed by atoms with Crippen molar-refractivity contribution in [3.05, 3.63) is 59.7 Å².